The van der Waals surface area contributed by atoms with E-state index in [-0.39, 0.29) is 29.3 Å². The zero-order valence-corrected chi connectivity index (χ0v) is 28.3. The summed E-state index contributed by atoms with van der Waals surface area (Å²) < 4.78 is 3.93. The number of amides is 1. The zero-order chi connectivity index (χ0) is 32.0. The first-order chi connectivity index (χ1) is 21.7. The third-order valence-corrected chi connectivity index (χ3v) is 9.77. The van der Waals surface area contributed by atoms with E-state index in [4.69, 9.17) is 5.10 Å². The number of nitrogens with zero attached hydrogens (tertiary/aromatic N) is 5. The molecule has 1 spiro atoms. The number of carbonyl (C=O) groups is 1. The van der Waals surface area contributed by atoms with Crippen LogP contribution in [0.4, 0.5) is 5.82 Å². The molecule has 3 heterocycles. The lowest BCUT2D eigenvalue weighted by Crippen LogP contribution is -2.49. The Bertz CT molecular complexity index is 1450. The first-order valence-electron chi connectivity index (χ1n) is 16.9. The van der Waals surface area contributed by atoms with Crippen LogP contribution in [-0.2, 0) is 24.9 Å². The number of likely N-dealkylation sites (N-methyl/N-ethyl adjacent to an activating group) is 2. The third-order valence-electron chi connectivity index (χ3n) is 9.77. The molecule has 3 aromatic rings. The summed E-state index contributed by atoms with van der Waals surface area (Å²) >= 11 is 0. The van der Waals surface area contributed by atoms with Crippen LogP contribution in [0.25, 0.3) is 0 Å². The van der Waals surface area contributed by atoms with Crippen molar-refractivity contribution in [3.8, 4) is 0 Å². The molecule has 0 bridgehead atoms. The highest BCUT2D eigenvalue weighted by Crippen LogP contribution is 2.58. The molecule has 3 atom stereocenters. The maximum absolute atomic E-state index is 14.7. The van der Waals surface area contributed by atoms with Gasteiger partial charge in [0.1, 0.15) is 5.82 Å². The normalized spacial score (nSPS) is 22.8. The van der Waals surface area contributed by atoms with Gasteiger partial charge in [-0.25, -0.2) is 4.68 Å². The maximum atomic E-state index is 14.7. The quantitative estimate of drug-likeness (QED) is 0.242. The molecule has 9 heteroatoms. The van der Waals surface area contributed by atoms with E-state index in [1.807, 2.05) is 31.9 Å². The zero-order valence-electron chi connectivity index (χ0n) is 28.3. The van der Waals surface area contributed by atoms with Crippen molar-refractivity contribution in [2.45, 2.75) is 96.8 Å². The van der Waals surface area contributed by atoms with Crippen LogP contribution in [0.5, 0.6) is 0 Å². The van der Waals surface area contributed by atoms with E-state index in [9.17, 15) is 4.79 Å². The lowest BCUT2D eigenvalue weighted by molar-refractivity contribution is -0.126. The Hall–Kier alpha value is -3.43. The molecular weight excluding hydrogens is 560 g/mol. The van der Waals surface area contributed by atoms with Crippen molar-refractivity contribution in [2.75, 3.05) is 32.5 Å². The average Bonchev–Trinajstić information content (AvgIpc) is 3.59. The van der Waals surface area contributed by atoms with E-state index in [1.165, 1.54) is 30.4 Å². The topological polar surface area (TPSA) is 92.0 Å². The van der Waals surface area contributed by atoms with Crippen LogP contribution >= 0.6 is 0 Å². The highest BCUT2D eigenvalue weighted by molar-refractivity contribution is 5.87. The van der Waals surface area contributed by atoms with Crippen molar-refractivity contribution in [3.05, 3.63) is 76.8 Å². The summed E-state index contributed by atoms with van der Waals surface area (Å²) in [6.45, 7) is 9.55. The van der Waals surface area contributed by atoms with Gasteiger partial charge in [0.15, 0.2) is 0 Å². The fraction of sp³-hybridized carbons (Fsp3) is 0.583. The van der Waals surface area contributed by atoms with E-state index >= 15 is 0 Å². The molecule has 0 saturated carbocycles. The van der Waals surface area contributed by atoms with Crippen molar-refractivity contribution < 1.29 is 4.79 Å². The van der Waals surface area contributed by atoms with Gasteiger partial charge in [0, 0.05) is 43.7 Å². The number of benzene rings is 1. The predicted molar refractivity (Wildman–Crippen MR) is 182 cm³/mol. The molecule has 3 N–H and O–H groups in total. The maximum Gasteiger partial charge on any atom is 0.228 e. The molecule has 244 valence electrons. The smallest absolute Gasteiger partial charge is 0.228 e. The highest BCUT2D eigenvalue weighted by atomic mass is 16.2. The average molecular weight is 615 g/mol. The Labute approximate surface area is 269 Å². The number of allylic oxidation sites excluding steroid dienone is 2. The Morgan fingerprint density at radius 1 is 1.18 bits per heavy atom. The van der Waals surface area contributed by atoms with E-state index in [1.54, 1.807) is 0 Å². The van der Waals surface area contributed by atoms with E-state index in [0.29, 0.717) is 6.54 Å². The minimum absolute atomic E-state index is 0.0551. The summed E-state index contributed by atoms with van der Waals surface area (Å²) in [7, 11) is 6.11. The van der Waals surface area contributed by atoms with Crippen LogP contribution in [0.3, 0.4) is 0 Å². The molecule has 2 aliphatic rings. The Balaban J connectivity index is 1.61. The van der Waals surface area contributed by atoms with Gasteiger partial charge in [0.05, 0.1) is 36.1 Å². The molecule has 5 rings (SSSR count). The van der Waals surface area contributed by atoms with Crippen LogP contribution < -0.4 is 16.0 Å². The first kappa shape index (κ1) is 32.9. The van der Waals surface area contributed by atoms with Gasteiger partial charge in [-0.2, -0.15) is 10.2 Å². The number of aryl methyl sites for hydroxylation is 2. The first-order valence-corrected chi connectivity index (χ1v) is 16.9. The van der Waals surface area contributed by atoms with Crippen LogP contribution in [0.1, 0.15) is 105 Å². The molecule has 1 aliphatic carbocycles. The summed E-state index contributed by atoms with van der Waals surface area (Å²) in [5.41, 5.74) is 5.12. The Kier molecular flexibility index (Phi) is 10.8. The van der Waals surface area contributed by atoms with Gasteiger partial charge < -0.3 is 20.9 Å². The van der Waals surface area contributed by atoms with Crippen LogP contribution in [0, 0.1) is 12.3 Å². The van der Waals surface area contributed by atoms with Crippen molar-refractivity contribution in [1.29, 1.82) is 0 Å². The summed E-state index contributed by atoms with van der Waals surface area (Å²) in [4.78, 5) is 17.1. The predicted octanol–water partition coefficient (Wildman–Crippen LogP) is 6.01. The van der Waals surface area contributed by atoms with E-state index < -0.39 is 0 Å². The minimum atomic E-state index is -0.366. The van der Waals surface area contributed by atoms with Gasteiger partial charge in [0.2, 0.25) is 5.91 Å². The number of carbonyl (C=O) groups excluding carboxylic acids is 1. The van der Waals surface area contributed by atoms with Gasteiger partial charge in [-0.15, -0.1) is 0 Å². The van der Waals surface area contributed by atoms with Crippen molar-refractivity contribution in [1.82, 2.24) is 35.1 Å². The second-order valence-electron chi connectivity index (χ2n) is 13.6. The third kappa shape index (κ3) is 7.36. The molecule has 9 nitrogen and oxygen atoms in total. The van der Waals surface area contributed by atoms with Crippen LogP contribution in [0.15, 0.2) is 48.7 Å². The highest BCUT2D eigenvalue weighted by Gasteiger charge is 2.53. The molecule has 45 heavy (non-hydrogen) atoms. The van der Waals surface area contributed by atoms with Gasteiger partial charge in [-0.05, 0) is 77.7 Å². The van der Waals surface area contributed by atoms with Crippen LogP contribution in [0.2, 0.25) is 0 Å². The van der Waals surface area contributed by atoms with Crippen molar-refractivity contribution >= 4 is 11.7 Å². The summed E-state index contributed by atoms with van der Waals surface area (Å²) in [5, 5.41) is 20.0. The number of aromatic nitrogens is 4. The van der Waals surface area contributed by atoms with Crippen LogP contribution in [-0.4, -0.2) is 57.6 Å². The van der Waals surface area contributed by atoms with Gasteiger partial charge in [0.25, 0.3) is 0 Å². The molecule has 0 radical (unpaired) electrons. The molecule has 3 unspecified atom stereocenters. The molecule has 0 saturated heterocycles. The van der Waals surface area contributed by atoms with Gasteiger partial charge in [-0.3, -0.25) is 9.48 Å². The lowest BCUT2D eigenvalue weighted by atomic mass is 9.59. The molecule has 0 fully saturated rings. The van der Waals surface area contributed by atoms with Gasteiger partial charge in [-0.1, -0.05) is 55.7 Å². The Morgan fingerprint density at radius 3 is 2.76 bits per heavy atom. The summed E-state index contributed by atoms with van der Waals surface area (Å²) in [6.07, 6.45) is 14.3. The molecule has 1 aromatic carbocycles. The standard InChI is InChI=1S/C36H54N8O/c1-26(2)44-34-31(24-39-44)32(35(45)38-23-30-21-27(3)41-43(30)6)36(17-12-10-8-7-9-11-13-18-36)33(40-34)29-16-14-15-28(22-29)25-42(5)20-19-37-4/h10,12,14-16,21-22,24,26,32-33,37,40H,7-9,11,13,17-20,23,25H2,1-6H3,(H,38,45)/b12-10-. The van der Waals surface area contributed by atoms with Gasteiger partial charge >= 0.3 is 0 Å². The van der Waals surface area contributed by atoms with E-state index in [0.717, 1.165) is 68.1 Å². The fourth-order valence-corrected chi connectivity index (χ4v) is 7.49. The number of nitrogens with one attached hydrogen (secondary N) is 3. The number of hydrogen-bond acceptors (Lipinski definition) is 6. The monoisotopic (exact) mass is 614 g/mol. The molecule has 1 aliphatic heterocycles. The largest absolute Gasteiger partial charge is 0.363 e. The second kappa shape index (κ2) is 14.8. The number of hydrogen-bond donors (Lipinski definition) is 3. The molecule has 2 aromatic heterocycles. The second-order valence-corrected chi connectivity index (χ2v) is 13.6. The Morgan fingerprint density at radius 2 is 2.00 bits per heavy atom. The minimum Gasteiger partial charge on any atom is -0.363 e. The molecule has 1 amide bonds. The number of fused-ring (bicyclic) bond motifs is 1. The van der Waals surface area contributed by atoms with E-state index in [2.05, 4.69) is 94.0 Å². The SMILES string of the molecule is CNCCN(C)Cc1cccc(C2Nc3c(cnn3C(C)C)C(C(=O)NCc3cc(C)nn3C)C23C/C=C\CCCCCC3)c1. The lowest BCUT2D eigenvalue weighted by Gasteiger charge is -2.50. The van der Waals surface area contributed by atoms with Crippen molar-refractivity contribution in [3.63, 3.8) is 0 Å². The fourth-order valence-electron chi connectivity index (χ4n) is 7.49. The molecular formula is C36H54N8O. The summed E-state index contributed by atoms with van der Waals surface area (Å²) in [6, 6.07) is 11.2. The number of anilines is 1. The number of rotatable bonds is 10. The summed E-state index contributed by atoms with van der Waals surface area (Å²) in [5.74, 6) is 0.680. The van der Waals surface area contributed by atoms with Crippen molar-refractivity contribution in [2.24, 2.45) is 12.5 Å².